The van der Waals surface area contributed by atoms with Crippen LogP contribution in [0.1, 0.15) is 46.0 Å². The zero-order chi connectivity index (χ0) is 22.3. The third-order valence-electron chi connectivity index (χ3n) is 5.85. The molecule has 0 amide bonds. The zero-order valence-electron chi connectivity index (χ0n) is 18.2. The molecule has 1 aliphatic heterocycles. The highest BCUT2D eigenvalue weighted by Crippen LogP contribution is 2.30. The van der Waals surface area contributed by atoms with Gasteiger partial charge in [-0.25, -0.2) is 9.18 Å². The number of ether oxygens (including phenoxy) is 2. The summed E-state index contributed by atoms with van der Waals surface area (Å²) in [7, 11) is 1.30. The highest BCUT2D eigenvalue weighted by atomic mass is 19.1. The predicted molar refractivity (Wildman–Crippen MR) is 122 cm³/mol. The maximum Gasteiger partial charge on any atom is 0.337 e. The normalized spacial score (nSPS) is 15.1. The molecule has 0 radical (unpaired) electrons. The van der Waals surface area contributed by atoms with Crippen molar-refractivity contribution in [1.29, 1.82) is 0 Å². The molecule has 166 valence electrons. The lowest BCUT2D eigenvalue weighted by Gasteiger charge is -2.34. The molecule has 1 saturated heterocycles. The SMILES string of the molecule is COC(=O)c1cc(F)cc(CN2CCC(OC(c3ccccc3)c3ccccc3)CC2)c1. The van der Waals surface area contributed by atoms with Gasteiger partial charge >= 0.3 is 5.97 Å². The number of likely N-dealkylation sites (tertiary alicyclic amines) is 1. The first-order valence-electron chi connectivity index (χ1n) is 11.0. The third-order valence-corrected chi connectivity index (χ3v) is 5.85. The minimum Gasteiger partial charge on any atom is -0.465 e. The fraction of sp³-hybridized carbons (Fsp3) is 0.296. The van der Waals surface area contributed by atoms with Gasteiger partial charge in [0.15, 0.2) is 0 Å². The molecule has 0 atom stereocenters. The fourth-order valence-corrected chi connectivity index (χ4v) is 4.24. The zero-order valence-corrected chi connectivity index (χ0v) is 18.2. The quantitative estimate of drug-likeness (QED) is 0.469. The minimum absolute atomic E-state index is 0.0974. The number of rotatable bonds is 7. The van der Waals surface area contributed by atoms with Crippen molar-refractivity contribution in [3.63, 3.8) is 0 Å². The summed E-state index contributed by atoms with van der Waals surface area (Å²) < 4.78 is 25.3. The summed E-state index contributed by atoms with van der Waals surface area (Å²) in [4.78, 5) is 14.0. The van der Waals surface area contributed by atoms with Crippen LogP contribution in [0.25, 0.3) is 0 Å². The van der Waals surface area contributed by atoms with Crippen molar-refractivity contribution in [3.05, 3.63) is 107 Å². The average Bonchev–Trinajstić information content (AvgIpc) is 2.84. The Labute approximate surface area is 188 Å². The summed E-state index contributed by atoms with van der Waals surface area (Å²) in [6.07, 6.45) is 1.85. The second-order valence-corrected chi connectivity index (χ2v) is 8.15. The van der Waals surface area contributed by atoms with E-state index in [9.17, 15) is 9.18 Å². The summed E-state index contributed by atoms with van der Waals surface area (Å²) in [6.45, 7) is 2.30. The van der Waals surface area contributed by atoms with Gasteiger partial charge in [0.1, 0.15) is 11.9 Å². The molecule has 0 spiro atoms. The second kappa shape index (κ2) is 10.5. The van der Waals surface area contributed by atoms with Gasteiger partial charge in [0.25, 0.3) is 0 Å². The number of nitrogens with zero attached hydrogens (tertiary/aromatic N) is 1. The molecule has 1 fully saturated rings. The van der Waals surface area contributed by atoms with Crippen LogP contribution < -0.4 is 0 Å². The lowest BCUT2D eigenvalue weighted by Crippen LogP contribution is -2.37. The molecule has 5 heteroatoms. The lowest BCUT2D eigenvalue weighted by molar-refractivity contribution is -0.0281. The molecule has 3 aromatic carbocycles. The number of methoxy groups -OCH3 is 1. The van der Waals surface area contributed by atoms with E-state index in [4.69, 9.17) is 9.47 Å². The number of hydrogen-bond donors (Lipinski definition) is 0. The number of esters is 1. The van der Waals surface area contributed by atoms with E-state index in [1.54, 1.807) is 6.07 Å². The van der Waals surface area contributed by atoms with Gasteiger partial charge in [-0.2, -0.15) is 0 Å². The van der Waals surface area contributed by atoms with E-state index >= 15 is 0 Å². The van der Waals surface area contributed by atoms with E-state index in [1.165, 1.54) is 19.2 Å². The van der Waals surface area contributed by atoms with Crippen LogP contribution in [0.3, 0.4) is 0 Å². The number of carbonyl (C=O) groups excluding carboxylic acids is 1. The van der Waals surface area contributed by atoms with Crippen LogP contribution in [-0.2, 0) is 16.0 Å². The van der Waals surface area contributed by atoms with Crippen LogP contribution in [-0.4, -0.2) is 37.2 Å². The first-order valence-corrected chi connectivity index (χ1v) is 11.0. The maximum atomic E-state index is 14.0. The van der Waals surface area contributed by atoms with Crippen LogP contribution >= 0.6 is 0 Å². The molecule has 0 N–H and O–H groups in total. The molecule has 1 aliphatic rings. The van der Waals surface area contributed by atoms with Crippen molar-refractivity contribution in [3.8, 4) is 0 Å². The Kier molecular flexibility index (Phi) is 7.30. The number of piperidine rings is 1. The lowest BCUT2D eigenvalue weighted by atomic mass is 10.00. The summed E-state index contributed by atoms with van der Waals surface area (Å²) >= 11 is 0. The van der Waals surface area contributed by atoms with E-state index in [0.29, 0.717) is 6.54 Å². The molecule has 4 rings (SSSR count). The van der Waals surface area contributed by atoms with E-state index in [-0.39, 0.29) is 17.8 Å². The number of benzene rings is 3. The monoisotopic (exact) mass is 433 g/mol. The molecule has 0 aliphatic carbocycles. The van der Waals surface area contributed by atoms with Crippen molar-refractivity contribution in [2.45, 2.75) is 31.6 Å². The van der Waals surface area contributed by atoms with Crippen LogP contribution in [0, 0.1) is 5.82 Å². The van der Waals surface area contributed by atoms with Crippen LogP contribution in [0.5, 0.6) is 0 Å². The Morgan fingerprint density at radius 2 is 1.56 bits per heavy atom. The van der Waals surface area contributed by atoms with Crippen molar-refractivity contribution in [2.75, 3.05) is 20.2 Å². The Balaban J connectivity index is 1.39. The Morgan fingerprint density at radius 3 is 2.12 bits per heavy atom. The molecule has 1 heterocycles. The Hall–Kier alpha value is -3.02. The van der Waals surface area contributed by atoms with Crippen LogP contribution in [0.4, 0.5) is 4.39 Å². The smallest absolute Gasteiger partial charge is 0.337 e. The minimum atomic E-state index is -0.522. The number of carbonyl (C=O) groups is 1. The molecule has 0 saturated carbocycles. The van der Waals surface area contributed by atoms with Gasteiger partial charge in [-0.1, -0.05) is 60.7 Å². The second-order valence-electron chi connectivity index (χ2n) is 8.15. The van der Waals surface area contributed by atoms with Crippen molar-refractivity contribution in [1.82, 2.24) is 4.90 Å². The molecule has 0 aromatic heterocycles. The van der Waals surface area contributed by atoms with Gasteiger partial charge in [-0.3, -0.25) is 4.90 Å². The topological polar surface area (TPSA) is 38.8 Å². The van der Waals surface area contributed by atoms with Gasteiger partial charge in [-0.05, 0) is 47.7 Å². The highest BCUT2D eigenvalue weighted by Gasteiger charge is 2.25. The summed E-state index contributed by atoms with van der Waals surface area (Å²) in [5, 5.41) is 0. The summed E-state index contributed by atoms with van der Waals surface area (Å²) in [6, 6.07) is 25.0. The van der Waals surface area contributed by atoms with Crippen LogP contribution in [0.2, 0.25) is 0 Å². The first-order chi connectivity index (χ1) is 15.6. The van der Waals surface area contributed by atoms with Gasteiger partial charge in [0.05, 0.1) is 18.8 Å². The Bertz CT molecular complexity index is 978. The van der Waals surface area contributed by atoms with Gasteiger partial charge in [0, 0.05) is 19.6 Å². The van der Waals surface area contributed by atoms with Crippen molar-refractivity contribution < 1.29 is 18.7 Å². The molecule has 3 aromatic rings. The van der Waals surface area contributed by atoms with E-state index in [2.05, 4.69) is 29.2 Å². The average molecular weight is 434 g/mol. The molecular formula is C27H28FNO3. The first kappa shape index (κ1) is 22.2. The summed E-state index contributed by atoms with van der Waals surface area (Å²) in [5.74, 6) is -0.944. The van der Waals surface area contributed by atoms with Gasteiger partial charge in [0.2, 0.25) is 0 Å². The highest BCUT2D eigenvalue weighted by molar-refractivity contribution is 5.89. The Morgan fingerprint density at radius 1 is 0.969 bits per heavy atom. The number of hydrogen-bond acceptors (Lipinski definition) is 4. The van der Waals surface area contributed by atoms with Gasteiger partial charge in [-0.15, -0.1) is 0 Å². The maximum absolute atomic E-state index is 14.0. The largest absolute Gasteiger partial charge is 0.465 e. The van der Waals surface area contributed by atoms with Gasteiger partial charge < -0.3 is 9.47 Å². The number of halogens is 1. The molecular weight excluding hydrogens is 405 g/mol. The van der Waals surface area contributed by atoms with Crippen LogP contribution in [0.15, 0.2) is 78.9 Å². The summed E-state index contributed by atoms with van der Waals surface area (Å²) in [5.41, 5.74) is 3.32. The van der Waals surface area contributed by atoms with E-state index in [1.807, 2.05) is 36.4 Å². The molecule has 32 heavy (non-hydrogen) atoms. The standard InChI is InChI=1S/C27H28FNO3/c1-31-27(30)23-16-20(17-24(28)18-23)19-29-14-12-25(13-15-29)32-26(21-8-4-2-5-9-21)22-10-6-3-7-11-22/h2-11,16-18,25-26H,12-15,19H2,1H3. The third kappa shape index (κ3) is 5.61. The molecule has 0 unspecified atom stereocenters. The van der Waals surface area contributed by atoms with Crippen molar-refractivity contribution >= 4 is 5.97 Å². The molecule has 0 bridgehead atoms. The van der Waals surface area contributed by atoms with E-state index in [0.717, 1.165) is 42.6 Å². The van der Waals surface area contributed by atoms with Crippen molar-refractivity contribution in [2.24, 2.45) is 0 Å². The predicted octanol–water partition coefficient (Wildman–Crippen LogP) is 5.38. The molecule has 4 nitrogen and oxygen atoms in total. The fourth-order valence-electron chi connectivity index (χ4n) is 4.24. The van der Waals surface area contributed by atoms with E-state index < -0.39 is 11.8 Å².